The number of fused-ring (bicyclic) bond motifs is 1. The van der Waals surface area contributed by atoms with E-state index in [0.29, 0.717) is 11.6 Å². The van der Waals surface area contributed by atoms with Gasteiger partial charge in [0.25, 0.3) is 0 Å². The summed E-state index contributed by atoms with van der Waals surface area (Å²) in [5.74, 6) is 0. The molecule has 1 aliphatic rings. The number of benzene rings is 1. The van der Waals surface area contributed by atoms with Crippen molar-refractivity contribution in [2.24, 2.45) is 5.73 Å². The fourth-order valence-electron chi connectivity index (χ4n) is 2.69. The van der Waals surface area contributed by atoms with Crippen LogP contribution >= 0.6 is 11.6 Å². The van der Waals surface area contributed by atoms with Gasteiger partial charge in [0.05, 0.1) is 16.7 Å². The molecule has 0 unspecified atom stereocenters. The molecule has 6 heteroatoms. The molecule has 1 aromatic heterocycles. The van der Waals surface area contributed by atoms with E-state index < -0.39 is 7.12 Å². The summed E-state index contributed by atoms with van der Waals surface area (Å²) >= 11 is 6.06. The molecule has 1 aromatic carbocycles. The summed E-state index contributed by atoms with van der Waals surface area (Å²) < 4.78 is 12.2. The highest BCUT2D eigenvalue weighted by atomic mass is 35.5. The largest absolute Gasteiger partial charge is 0.491 e. The molecule has 3 rings (SSSR count). The predicted molar refractivity (Wildman–Crippen MR) is 99.9 cm³/mol. The van der Waals surface area contributed by atoms with E-state index in [-0.39, 0.29) is 11.2 Å². The van der Waals surface area contributed by atoms with Gasteiger partial charge in [-0.15, -0.1) is 0 Å². The number of halogens is 1. The van der Waals surface area contributed by atoms with E-state index in [1.807, 2.05) is 58.0 Å². The summed E-state index contributed by atoms with van der Waals surface area (Å²) in [5.41, 5.74) is 7.97. The lowest BCUT2D eigenvalue weighted by Gasteiger charge is -2.32. The molecule has 0 saturated carbocycles. The van der Waals surface area contributed by atoms with Gasteiger partial charge < -0.3 is 15.0 Å². The fourth-order valence-corrected chi connectivity index (χ4v) is 2.85. The second-order valence-corrected chi connectivity index (χ2v) is 7.51. The number of nitrogens with two attached hydrogens (primary N) is 1. The molecule has 2 N–H and O–H groups in total. The molecule has 0 bridgehead atoms. The van der Waals surface area contributed by atoms with Gasteiger partial charge in [-0.25, -0.2) is 0 Å². The van der Waals surface area contributed by atoms with Crippen LogP contribution in [0.2, 0.25) is 5.02 Å². The number of hydrogen-bond acceptors (Lipinski definition) is 4. The topological polar surface area (TPSA) is 57.4 Å². The Kier molecular flexibility index (Phi) is 4.47. The summed E-state index contributed by atoms with van der Waals surface area (Å²) in [6, 6.07) is 7.64. The Morgan fingerprint density at radius 2 is 1.88 bits per heavy atom. The summed E-state index contributed by atoms with van der Waals surface area (Å²) in [6.45, 7) is 8.49. The Labute approximate surface area is 148 Å². The van der Waals surface area contributed by atoms with Crippen LogP contribution in [0.3, 0.4) is 0 Å². The van der Waals surface area contributed by atoms with Crippen molar-refractivity contribution in [3.63, 3.8) is 0 Å². The van der Waals surface area contributed by atoms with Crippen molar-refractivity contribution in [2.75, 3.05) is 6.54 Å². The van der Waals surface area contributed by atoms with Crippen molar-refractivity contribution in [3.8, 4) is 0 Å². The highest BCUT2D eigenvalue weighted by molar-refractivity contribution is 6.56. The van der Waals surface area contributed by atoms with Crippen LogP contribution in [0.5, 0.6) is 0 Å². The molecule has 126 valence electrons. The van der Waals surface area contributed by atoms with E-state index in [1.54, 1.807) is 6.20 Å². The fraction of sp³-hybridized carbons (Fsp3) is 0.389. The molecule has 24 heavy (non-hydrogen) atoms. The van der Waals surface area contributed by atoms with Crippen molar-refractivity contribution >= 4 is 35.7 Å². The third-order valence-corrected chi connectivity index (χ3v) is 5.11. The summed E-state index contributed by atoms with van der Waals surface area (Å²) in [5, 5.41) is 1.69. The number of hydrogen-bond donors (Lipinski definition) is 1. The van der Waals surface area contributed by atoms with E-state index >= 15 is 0 Å². The van der Waals surface area contributed by atoms with E-state index in [2.05, 4.69) is 4.98 Å². The van der Waals surface area contributed by atoms with Crippen LogP contribution in [0.4, 0.5) is 0 Å². The van der Waals surface area contributed by atoms with Gasteiger partial charge in [-0.3, -0.25) is 4.98 Å². The van der Waals surface area contributed by atoms with Gasteiger partial charge in [-0.05, 0) is 56.9 Å². The first-order valence-corrected chi connectivity index (χ1v) is 8.42. The zero-order valence-electron chi connectivity index (χ0n) is 14.5. The van der Waals surface area contributed by atoms with E-state index in [0.717, 1.165) is 21.9 Å². The van der Waals surface area contributed by atoms with Gasteiger partial charge in [-0.1, -0.05) is 23.7 Å². The Balaban J connectivity index is 2.01. The SMILES string of the molecule is CC1(C)OB(C(=Cc2ccnc3cc(Cl)ccc23)CN)OC1(C)C. The van der Waals surface area contributed by atoms with E-state index in [9.17, 15) is 0 Å². The van der Waals surface area contributed by atoms with Gasteiger partial charge >= 0.3 is 7.12 Å². The Hall–Kier alpha value is -1.40. The second kappa shape index (κ2) is 6.15. The molecule has 2 heterocycles. The maximum Gasteiger partial charge on any atom is 0.491 e. The number of rotatable bonds is 3. The minimum atomic E-state index is -0.449. The molecule has 0 radical (unpaired) electrons. The molecular weight excluding hydrogens is 322 g/mol. The Bertz CT molecular complexity index is 789. The first-order valence-electron chi connectivity index (χ1n) is 8.04. The van der Waals surface area contributed by atoms with Crippen LogP contribution in [0, 0.1) is 0 Å². The van der Waals surface area contributed by atoms with E-state index in [1.165, 1.54) is 0 Å². The van der Waals surface area contributed by atoms with Gasteiger partial charge in [-0.2, -0.15) is 0 Å². The van der Waals surface area contributed by atoms with Gasteiger partial charge in [0.2, 0.25) is 0 Å². The summed E-state index contributed by atoms with van der Waals surface area (Å²) in [7, 11) is -0.449. The molecule has 1 fully saturated rings. The van der Waals surface area contributed by atoms with Crippen molar-refractivity contribution < 1.29 is 9.31 Å². The first kappa shape index (κ1) is 17.4. The Morgan fingerprint density at radius 3 is 2.50 bits per heavy atom. The molecule has 1 aliphatic heterocycles. The van der Waals surface area contributed by atoms with Gasteiger partial charge in [0.15, 0.2) is 0 Å². The minimum Gasteiger partial charge on any atom is -0.400 e. The molecular formula is C18H22BClN2O2. The average Bonchev–Trinajstić information content (AvgIpc) is 2.72. The first-order chi connectivity index (χ1) is 11.2. The van der Waals surface area contributed by atoms with Crippen LogP contribution < -0.4 is 5.73 Å². The average molecular weight is 345 g/mol. The van der Waals surface area contributed by atoms with Crippen molar-refractivity contribution in [1.29, 1.82) is 0 Å². The van der Waals surface area contributed by atoms with Gasteiger partial charge in [0, 0.05) is 23.2 Å². The quantitative estimate of drug-likeness (QED) is 0.859. The van der Waals surface area contributed by atoms with Gasteiger partial charge in [0.1, 0.15) is 0 Å². The van der Waals surface area contributed by atoms with E-state index in [4.69, 9.17) is 26.6 Å². The molecule has 0 atom stereocenters. The number of pyridine rings is 1. The monoisotopic (exact) mass is 344 g/mol. The van der Waals surface area contributed by atoms with Crippen LogP contribution in [-0.2, 0) is 9.31 Å². The highest BCUT2D eigenvalue weighted by Gasteiger charge is 2.52. The Morgan fingerprint density at radius 1 is 1.21 bits per heavy atom. The van der Waals surface area contributed by atoms with Crippen molar-refractivity contribution in [1.82, 2.24) is 4.98 Å². The lowest BCUT2D eigenvalue weighted by atomic mass is 9.77. The smallest absolute Gasteiger partial charge is 0.400 e. The molecule has 4 nitrogen and oxygen atoms in total. The molecule has 0 aliphatic carbocycles. The zero-order chi connectivity index (χ0) is 17.5. The maximum absolute atomic E-state index is 6.11. The van der Waals surface area contributed by atoms with Crippen LogP contribution in [0.1, 0.15) is 33.3 Å². The van der Waals surface area contributed by atoms with Crippen LogP contribution in [0.15, 0.2) is 35.9 Å². The molecule has 2 aromatic rings. The lowest BCUT2D eigenvalue weighted by Crippen LogP contribution is -2.41. The van der Waals surface area contributed by atoms with Crippen LogP contribution in [-0.4, -0.2) is 29.8 Å². The molecule has 0 amide bonds. The van der Waals surface area contributed by atoms with Crippen molar-refractivity contribution in [2.45, 2.75) is 38.9 Å². The molecule has 0 spiro atoms. The molecule has 1 saturated heterocycles. The van der Waals surface area contributed by atoms with Crippen LogP contribution in [0.25, 0.3) is 17.0 Å². The summed E-state index contributed by atoms with van der Waals surface area (Å²) in [4.78, 5) is 4.37. The lowest BCUT2D eigenvalue weighted by molar-refractivity contribution is 0.00578. The minimum absolute atomic E-state index is 0.355. The second-order valence-electron chi connectivity index (χ2n) is 7.07. The van der Waals surface area contributed by atoms with Crippen molar-refractivity contribution in [3.05, 3.63) is 46.5 Å². The standard InChI is InChI=1S/C18H22BClN2O2/c1-17(2)18(3,4)24-19(23-17)13(11-21)9-12-7-8-22-16-10-14(20)5-6-15(12)16/h5-10H,11,21H2,1-4H3. The number of nitrogens with zero attached hydrogens (tertiary/aromatic N) is 1. The highest BCUT2D eigenvalue weighted by Crippen LogP contribution is 2.38. The normalized spacial score (nSPS) is 19.9. The zero-order valence-corrected chi connectivity index (χ0v) is 15.2. The number of aromatic nitrogens is 1. The summed E-state index contributed by atoms with van der Waals surface area (Å²) in [6.07, 6.45) is 3.79. The third-order valence-electron chi connectivity index (χ3n) is 4.87. The third kappa shape index (κ3) is 3.09. The predicted octanol–water partition coefficient (Wildman–Crippen LogP) is 3.86. The maximum atomic E-state index is 6.11.